The zero-order valence-electron chi connectivity index (χ0n) is 16.9. The third-order valence-corrected chi connectivity index (χ3v) is 5.16. The number of benzene rings is 4. The second-order valence-electron chi connectivity index (χ2n) is 7.01. The number of hydrogen-bond acceptors (Lipinski definition) is 2. The summed E-state index contributed by atoms with van der Waals surface area (Å²) in [6.45, 7) is 2.08. The third kappa shape index (κ3) is 3.95. The Kier molecular flexibility index (Phi) is 6.80. The van der Waals surface area contributed by atoms with Crippen molar-refractivity contribution in [3.8, 4) is 22.5 Å². The quantitative estimate of drug-likeness (QED) is 0.169. The number of aromatic nitrogens is 3. The fraction of sp³-hybridized carbons (Fsp3) is 0.0800. The van der Waals surface area contributed by atoms with E-state index in [9.17, 15) is 0 Å². The fourth-order valence-corrected chi connectivity index (χ4v) is 3.66. The topological polar surface area (TPSA) is 29.7 Å². The zero-order valence-corrected chi connectivity index (χ0v) is 19.8. The predicted octanol–water partition coefficient (Wildman–Crippen LogP) is 4.47. The summed E-state index contributed by atoms with van der Waals surface area (Å²) in [6, 6.07) is 28.3. The van der Waals surface area contributed by atoms with Crippen molar-refractivity contribution in [3.05, 3.63) is 91.0 Å². The summed E-state index contributed by atoms with van der Waals surface area (Å²) in [7, 11) is 1.95. The number of nitrogens with zero attached hydrogens (tertiary/aromatic N) is 3. The van der Waals surface area contributed by atoms with Crippen LogP contribution < -0.4 is 4.57 Å². The molecule has 0 unspecified atom stereocenters. The Balaban J connectivity index is 0.00000128. The Hall–Kier alpha value is -2.42. The monoisotopic (exact) mass is 460 g/mol. The van der Waals surface area contributed by atoms with Crippen molar-refractivity contribution < 1.29 is 37.3 Å². The van der Waals surface area contributed by atoms with Gasteiger partial charge < -0.3 is 0 Å². The standard InChI is InChI=1S/C25H18N3.B.Y/c1-17-7-8-20(13-23(17)25-27-15-26-16-28(25)2)21-12-11-19-10-9-18-5-3-4-6-22(18)24(19)14-21;;/h3-11,14-16H,1-2H3;;/q-1;;. The first kappa shape index (κ1) is 22.3. The first-order chi connectivity index (χ1) is 13.7. The van der Waals surface area contributed by atoms with E-state index in [4.69, 9.17) is 0 Å². The normalized spacial score (nSPS) is 10.5. The van der Waals surface area contributed by atoms with Gasteiger partial charge in [0.25, 0.3) is 6.33 Å². The van der Waals surface area contributed by atoms with Crippen LogP contribution in [0.5, 0.6) is 0 Å². The molecule has 0 saturated heterocycles. The zero-order chi connectivity index (χ0) is 19.1. The average molecular weight is 460 g/mol. The van der Waals surface area contributed by atoms with E-state index in [2.05, 4.69) is 89.7 Å². The van der Waals surface area contributed by atoms with E-state index >= 15 is 0 Å². The van der Waals surface area contributed by atoms with Crippen LogP contribution in [0, 0.1) is 19.1 Å². The number of fused-ring (bicyclic) bond motifs is 3. The summed E-state index contributed by atoms with van der Waals surface area (Å²) in [6.07, 6.45) is 3.33. The smallest absolute Gasteiger partial charge is 0.255 e. The van der Waals surface area contributed by atoms with E-state index < -0.39 is 0 Å². The molecule has 5 aromatic rings. The van der Waals surface area contributed by atoms with Gasteiger partial charge in [0, 0.05) is 41.1 Å². The summed E-state index contributed by atoms with van der Waals surface area (Å²) in [5.41, 5.74) is 4.15. The SMILES string of the molecule is Cc1ccc(-c2[c-]cc3ccc4ccccc4c3c2)[c-]c1-c1ncnc[n+]1C.[B].[Y]. The van der Waals surface area contributed by atoms with Gasteiger partial charge in [0.1, 0.15) is 0 Å². The van der Waals surface area contributed by atoms with Crippen molar-refractivity contribution in [1.82, 2.24) is 9.97 Å². The minimum Gasteiger partial charge on any atom is -0.269 e. The summed E-state index contributed by atoms with van der Waals surface area (Å²) in [5.74, 6) is 0.848. The molecule has 3 nitrogen and oxygen atoms in total. The van der Waals surface area contributed by atoms with Crippen LogP contribution in [0.15, 0.2) is 73.3 Å². The van der Waals surface area contributed by atoms with E-state index in [1.165, 1.54) is 21.5 Å². The van der Waals surface area contributed by atoms with Gasteiger partial charge in [0.2, 0.25) is 12.2 Å². The van der Waals surface area contributed by atoms with Crippen molar-refractivity contribution in [3.63, 3.8) is 0 Å². The van der Waals surface area contributed by atoms with Crippen molar-refractivity contribution >= 4 is 30.0 Å². The molecule has 0 spiro atoms. The molecule has 1 aromatic heterocycles. The first-order valence-electron chi connectivity index (χ1n) is 9.23. The summed E-state index contributed by atoms with van der Waals surface area (Å²) in [4.78, 5) is 8.52. The van der Waals surface area contributed by atoms with Crippen molar-refractivity contribution in [2.24, 2.45) is 7.05 Å². The molecule has 0 aliphatic carbocycles. The molecule has 0 N–H and O–H groups in total. The number of aryl methyl sites for hydroxylation is 2. The van der Waals surface area contributed by atoms with Crippen LogP contribution in [0.2, 0.25) is 0 Å². The Morgan fingerprint density at radius 1 is 0.900 bits per heavy atom. The first-order valence-corrected chi connectivity index (χ1v) is 9.23. The molecule has 0 bridgehead atoms. The van der Waals surface area contributed by atoms with Crippen LogP contribution >= 0.6 is 0 Å². The number of hydrogen-bond donors (Lipinski definition) is 0. The fourth-order valence-electron chi connectivity index (χ4n) is 3.66. The van der Waals surface area contributed by atoms with E-state index in [1.807, 2.05) is 11.6 Å². The van der Waals surface area contributed by atoms with Crippen LogP contribution in [-0.4, -0.2) is 18.4 Å². The Bertz CT molecular complexity index is 1350. The van der Waals surface area contributed by atoms with E-state index in [0.717, 1.165) is 28.1 Å². The van der Waals surface area contributed by atoms with Gasteiger partial charge in [-0.25, -0.2) is 5.56 Å². The molecule has 0 aliphatic heterocycles. The molecule has 0 atom stereocenters. The van der Waals surface area contributed by atoms with Crippen LogP contribution in [0.25, 0.3) is 44.1 Å². The van der Waals surface area contributed by atoms with Crippen LogP contribution in [0.4, 0.5) is 0 Å². The Morgan fingerprint density at radius 2 is 1.70 bits per heavy atom. The van der Waals surface area contributed by atoms with E-state index in [0.29, 0.717) is 0 Å². The molecular weight excluding hydrogens is 442 g/mol. The van der Waals surface area contributed by atoms with Crippen molar-refractivity contribution in [2.75, 3.05) is 0 Å². The largest absolute Gasteiger partial charge is 0.269 e. The van der Waals surface area contributed by atoms with Crippen LogP contribution in [-0.2, 0) is 39.8 Å². The van der Waals surface area contributed by atoms with Crippen molar-refractivity contribution in [1.29, 1.82) is 0 Å². The molecule has 5 rings (SSSR count). The van der Waals surface area contributed by atoms with Gasteiger partial charge in [-0.05, 0) is 10.8 Å². The predicted molar refractivity (Wildman–Crippen MR) is 117 cm³/mol. The minimum absolute atomic E-state index is 0. The molecule has 0 aliphatic rings. The Morgan fingerprint density at radius 3 is 2.53 bits per heavy atom. The van der Waals surface area contributed by atoms with Gasteiger partial charge in [-0.3, -0.25) is 4.57 Å². The molecule has 0 fully saturated rings. The third-order valence-electron chi connectivity index (χ3n) is 5.16. The molecule has 30 heavy (non-hydrogen) atoms. The van der Waals surface area contributed by atoms with Crippen LogP contribution in [0.3, 0.4) is 0 Å². The van der Waals surface area contributed by atoms with Gasteiger partial charge in [0.05, 0.1) is 7.05 Å². The maximum Gasteiger partial charge on any atom is 0.255 e. The van der Waals surface area contributed by atoms with Crippen LogP contribution in [0.1, 0.15) is 5.56 Å². The molecule has 140 valence electrons. The molecule has 5 heteroatoms. The summed E-state index contributed by atoms with van der Waals surface area (Å²) < 4.78 is 1.92. The number of rotatable bonds is 2. The molecular formula is C25H18BN3Y-. The van der Waals surface area contributed by atoms with Gasteiger partial charge in [-0.1, -0.05) is 53.9 Å². The minimum atomic E-state index is 0. The van der Waals surface area contributed by atoms with Gasteiger partial charge in [-0.15, -0.1) is 33.5 Å². The second-order valence-corrected chi connectivity index (χ2v) is 7.01. The molecule has 0 amide bonds. The maximum absolute atomic E-state index is 4.45. The molecule has 0 saturated carbocycles. The van der Waals surface area contributed by atoms with Gasteiger partial charge >= 0.3 is 0 Å². The maximum atomic E-state index is 4.45. The second kappa shape index (κ2) is 9.16. The summed E-state index contributed by atoms with van der Waals surface area (Å²) in [5, 5.41) is 4.92. The van der Waals surface area contributed by atoms with Gasteiger partial charge in [-0.2, -0.15) is 29.8 Å². The van der Waals surface area contributed by atoms with E-state index in [1.54, 1.807) is 12.7 Å². The molecule has 4 radical (unpaired) electrons. The average Bonchev–Trinajstić information content (AvgIpc) is 2.74. The molecule has 4 aromatic carbocycles. The van der Waals surface area contributed by atoms with Crippen molar-refractivity contribution in [2.45, 2.75) is 6.92 Å². The van der Waals surface area contributed by atoms with Gasteiger partial charge in [0.15, 0.2) is 0 Å². The summed E-state index contributed by atoms with van der Waals surface area (Å²) >= 11 is 0. The molecule has 1 heterocycles. The Labute approximate surface area is 203 Å². The van der Waals surface area contributed by atoms with E-state index in [-0.39, 0.29) is 41.1 Å².